The Bertz CT molecular complexity index is 678. The van der Waals surface area contributed by atoms with Crippen molar-refractivity contribution in [3.05, 3.63) is 41.5 Å². The second kappa shape index (κ2) is 5.02. The van der Waals surface area contributed by atoms with Crippen LogP contribution in [0.5, 0.6) is 0 Å². The van der Waals surface area contributed by atoms with Crippen molar-refractivity contribution in [2.24, 2.45) is 0 Å². The fourth-order valence-corrected chi connectivity index (χ4v) is 3.22. The van der Waals surface area contributed by atoms with Gasteiger partial charge in [0, 0.05) is 11.9 Å². The number of H-pyrrole nitrogens is 1. The Labute approximate surface area is 112 Å². The van der Waals surface area contributed by atoms with E-state index in [4.69, 9.17) is 5.73 Å². The van der Waals surface area contributed by atoms with Crippen LogP contribution in [0.25, 0.3) is 0 Å². The van der Waals surface area contributed by atoms with Crippen LogP contribution in [0.4, 0.5) is 5.69 Å². The molecule has 1 heterocycles. The van der Waals surface area contributed by atoms with E-state index in [0.717, 1.165) is 5.56 Å². The van der Waals surface area contributed by atoms with Crippen LogP contribution >= 0.6 is 0 Å². The number of imidazole rings is 1. The molecule has 0 amide bonds. The number of nitrogens with zero attached hydrogens (tertiary/aromatic N) is 1. The fraction of sp³-hybridized carbons (Fsp3) is 0.250. The quantitative estimate of drug-likeness (QED) is 0.730. The van der Waals surface area contributed by atoms with Gasteiger partial charge in [-0.05, 0) is 25.0 Å². The van der Waals surface area contributed by atoms with Gasteiger partial charge in [0.1, 0.15) is 4.90 Å². The predicted molar refractivity (Wildman–Crippen MR) is 72.9 cm³/mol. The standard InChI is InChI=1S/C12H16N4O2S/c1-8-3-4-9(2)12(11(8)13)19(17,18)16-6-10-5-14-7-15-10/h3-5,7,16H,6,13H2,1-2H3,(H,14,15). The molecule has 2 rings (SSSR count). The molecular weight excluding hydrogens is 264 g/mol. The minimum atomic E-state index is -3.64. The zero-order valence-electron chi connectivity index (χ0n) is 10.8. The van der Waals surface area contributed by atoms with Crippen LogP contribution in [0.15, 0.2) is 29.6 Å². The van der Waals surface area contributed by atoms with Gasteiger partial charge in [-0.15, -0.1) is 0 Å². The molecule has 19 heavy (non-hydrogen) atoms. The molecule has 0 unspecified atom stereocenters. The van der Waals surface area contributed by atoms with Crippen molar-refractivity contribution >= 4 is 15.7 Å². The van der Waals surface area contributed by atoms with Crippen LogP contribution in [0.2, 0.25) is 0 Å². The summed E-state index contributed by atoms with van der Waals surface area (Å²) in [6.07, 6.45) is 3.06. The molecular formula is C12H16N4O2S. The Balaban J connectivity index is 2.32. The van der Waals surface area contributed by atoms with E-state index in [-0.39, 0.29) is 17.1 Å². The molecule has 1 aromatic carbocycles. The third-order valence-corrected chi connectivity index (χ3v) is 4.49. The van der Waals surface area contributed by atoms with Gasteiger partial charge in [0.05, 0.1) is 18.6 Å². The summed E-state index contributed by atoms with van der Waals surface area (Å²) in [6.45, 7) is 3.65. The number of nitrogens with one attached hydrogen (secondary N) is 2. The summed E-state index contributed by atoms with van der Waals surface area (Å²) >= 11 is 0. The Hall–Kier alpha value is -1.86. The molecule has 0 bridgehead atoms. The van der Waals surface area contributed by atoms with Crippen molar-refractivity contribution in [1.82, 2.24) is 14.7 Å². The Morgan fingerprint density at radius 2 is 2.00 bits per heavy atom. The largest absolute Gasteiger partial charge is 0.397 e. The molecule has 6 nitrogen and oxygen atoms in total. The summed E-state index contributed by atoms with van der Waals surface area (Å²) in [5, 5.41) is 0. The van der Waals surface area contributed by atoms with Crippen LogP contribution < -0.4 is 10.5 Å². The van der Waals surface area contributed by atoms with E-state index in [0.29, 0.717) is 11.3 Å². The van der Waals surface area contributed by atoms with Gasteiger partial charge in [-0.2, -0.15) is 0 Å². The van der Waals surface area contributed by atoms with Gasteiger partial charge >= 0.3 is 0 Å². The normalized spacial score (nSPS) is 11.7. The van der Waals surface area contributed by atoms with Gasteiger partial charge in [0.25, 0.3) is 0 Å². The van der Waals surface area contributed by atoms with E-state index in [1.165, 1.54) is 6.33 Å². The minimum Gasteiger partial charge on any atom is -0.397 e. The molecule has 0 spiro atoms. The third kappa shape index (κ3) is 2.77. The first-order chi connectivity index (χ1) is 8.92. The lowest BCUT2D eigenvalue weighted by atomic mass is 10.1. The van der Waals surface area contributed by atoms with Crippen molar-refractivity contribution in [3.63, 3.8) is 0 Å². The van der Waals surface area contributed by atoms with Gasteiger partial charge < -0.3 is 10.7 Å². The van der Waals surface area contributed by atoms with E-state index >= 15 is 0 Å². The number of aromatic nitrogens is 2. The van der Waals surface area contributed by atoms with E-state index in [9.17, 15) is 8.42 Å². The van der Waals surface area contributed by atoms with E-state index < -0.39 is 10.0 Å². The highest BCUT2D eigenvalue weighted by Crippen LogP contribution is 2.25. The SMILES string of the molecule is Cc1ccc(C)c(S(=O)(=O)NCc2cnc[nH]2)c1N. The number of anilines is 1. The number of hydrogen-bond acceptors (Lipinski definition) is 4. The lowest BCUT2D eigenvalue weighted by molar-refractivity contribution is 0.580. The first-order valence-electron chi connectivity index (χ1n) is 5.74. The summed E-state index contributed by atoms with van der Waals surface area (Å²) in [4.78, 5) is 6.81. The molecule has 0 saturated heterocycles. The first kappa shape index (κ1) is 13.6. The summed E-state index contributed by atoms with van der Waals surface area (Å²) in [6, 6.07) is 3.55. The van der Waals surface area contributed by atoms with E-state index in [1.807, 2.05) is 0 Å². The Morgan fingerprint density at radius 1 is 1.32 bits per heavy atom. The number of hydrogen-bond donors (Lipinski definition) is 3. The van der Waals surface area contributed by atoms with Crippen LogP contribution in [0, 0.1) is 13.8 Å². The van der Waals surface area contributed by atoms with Crippen LogP contribution in [0.3, 0.4) is 0 Å². The topological polar surface area (TPSA) is 101 Å². The van der Waals surface area contributed by atoms with Crippen molar-refractivity contribution in [1.29, 1.82) is 0 Å². The van der Waals surface area contributed by atoms with Crippen molar-refractivity contribution in [3.8, 4) is 0 Å². The first-order valence-corrected chi connectivity index (χ1v) is 7.22. The molecule has 7 heteroatoms. The predicted octanol–water partition coefficient (Wildman–Crippen LogP) is 1.09. The van der Waals surface area contributed by atoms with Crippen LogP contribution in [0.1, 0.15) is 16.8 Å². The van der Waals surface area contributed by atoms with E-state index in [2.05, 4.69) is 14.7 Å². The lowest BCUT2D eigenvalue weighted by Gasteiger charge is -2.13. The molecule has 102 valence electrons. The summed E-state index contributed by atoms with van der Waals surface area (Å²) in [5.74, 6) is 0. The van der Waals surface area contributed by atoms with Gasteiger partial charge in [0.15, 0.2) is 0 Å². The number of nitrogens with two attached hydrogens (primary N) is 1. The molecule has 2 aromatic rings. The number of benzene rings is 1. The third-order valence-electron chi connectivity index (χ3n) is 2.89. The zero-order valence-corrected chi connectivity index (χ0v) is 11.6. The highest BCUT2D eigenvalue weighted by atomic mass is 32.2. The highest BCUT2D eigenvalue weighted by molar-refractivity contribution is 7.89. The molecule has 0 fully saturated rings. The molecule has 0 atom stereocenters. The second-order valence-corrected chi connectivity index (χ2v) is 6.05. The molecule has 0 aliphatic heterocycles. The molecule has 0 saturated carbocycles. The maximum atomic E-state index is 12.3. The average molecular weight is 280 g/mol. The Morgan fingerprint density at radius 3 is 2.63 bits per heavy atom. The minimum absolute atomic E-state index is 0.145. The van der Waals surface area contributed by atoms with Crippen molar-refractivity contribution in [2.45, 2.75) is 25.3 Å². The highest BCUT2D eigenvalue weighted by Gasteiger charge is 2.21. The van der Waals surface area contributed by atoms with Crippen LogP contribution in [-0.2, 0) is 16.6 Å². The van der Waals surface area contributed by atoms with Crippen molar-refractivity contribution < 1.29 is 8.42 Å². The summed E-state index contributed by atoms with van der Waals surface area (Å²) in [5.41, 5.74) is 8.22. The maximum Gasteiger partial charge on any atom is 0.243 e. The van der Waals surface area contributed by atoms with Crippen LogP contribution in [-0.4, -0.2) is 18.4 Å². The molecule has 4 N–H and O–H groups in total. The Kier molecular flexibility index (Phi) is 3.59. The van der Waals surface area contributed by atoms with Gasteiger partial charge in [-0.1, -0.05) is 12.1 Å². The smallest absolute Gasteiger partial charge is 0.243 e. The monoisotopic (exact) mass is 280 g/mol. The zero-order chi connectivity index (χ0) is 14.0. The summed E-state index contributed by atoms with van der Waals surface area (Å²) < 4.78 is 27.1. The second-order valence-electron chi connectivity index (χ2n) is 4.34. The van der Waals surface area contributed by atoms with E-state index in [1.54, 1.807) is 32.2 Å². The molecule has 0 aliphatic carbocycles. The molecule has 0 aliphatic rings. The van der Waals surface area contributed by atoms with Gasteiger partial charge in [-0.3, -0.25) is 0 Å². The molecule has 0 radical (unpaired) electrons. The van der Waals surface area contributed by atoms with Gasteiger partial charge in [0.2, 0.25) is 10.0 Å². The van der Waals surface area contributed by atoms with Crippen molar-refractivity contribution in [2.75, 3.05) is 5.73 Å². The number of rotatable bonds is 4. The number of aryl methyl sites for hydroxylation is 2. The number of sulfonamides is 1. The van der Waals surface area contributed by atoms with Gasteiger partial charge in [-0.25, -0.2) is 18.1 Å². The number of aromatic amines is 1. The lowest BCUT2D eigenvalue weighted by Crippen LogP contribution is -2.25. The maximum absolute atomic E-state index is 12.3. The molecule has 1 aromatic heterocycles. The average Bonchev–Trinajstić information content (AvgIpc) is 2.85. The fourth-order valence-electron chi connectivity index (χ4n) is 1.79. The summed E-state index contributed by atoms with van der Waals surface area (Å²) in [7, 11) is -3.64. The number of nitrogen functional groups attached to an aromatic ring is 1.